The highest BCUT2D eigenvalue weighted by atomic mass is 16.2. The number of amides is 4. The average Bonchev–Trinajstić information content (AvgIpc) is 3.74. The molecule has 58 heavy (non-hydrogen) atoms. The van der Waals surface area contributed by atoms with Gasteiger partial charge in [-0.05, 0) is 83.7 Å². The number of unbranched alkanes of at least 4 members (excludes halogenated alkanes) is 23. The third-order valence-corrected chi connectivity index (χ3v) is 12.1. The summed E-state index contributed by atoms with van der Waals surface area (Å²) in [5, 5.41) is 6.06. The van der Waals surface area contributed by atoms with Gasteiger partial charge in [-0.2, -0.15) is 0 Å². The van der Waals surface area contributed by atoms with Gasteiger partial charge in [-0.3, -0.25) is 19.2 Å². The van der Waals surface area contributed by atoms with Gasteiger partial charge < -0.3 is 31.9 Å². The molecule has 2 aliphatic rings. The first-order valence-corrected chi connectivity index (χ1v) is 25.0. The van der Waals surface area contributed by atoms with E-state index in [1.165, 1.54) is 103 Å². The molecule has 0 spiro atoms. The van der Waals surface area contributed by atoms with Gasteiger partial charge in [-0.25, -0.2) is 0 Å². The van der Waals surface area contributed by atoms with Crippen molar-refractivity contribution in [3.63, 3.8) is 0 Å². The number of piperidine rings is 1. The summed E-state index contributed by atoms with van der Waals surface area (Å²) in [5.41, 5.74) is 11.0. The number of nitrogens with zero attached hydrogens (tertiary/aromatic N) is 2. The highest BCUT2D eigenvalue weighted by molar-refractivity contribution is 5.88. The Bertz CT molecular complexity index is 1010. The molecule has 0 aliphatic carbocycles. The van der Waals surface area contributed by atoms with Gasteiger partial charge in [-0.15, -0.1) is 0 Å². The molecule has 0 aromatic carbocycles. The lowest BCUT2D eigenvalue weighted by Gasteiger charge is -2.35. The largest absolute Gasteiger partial charge is 0.354 e. The van der Waals surface area contributed by atoms with Crippen LogP contribution in [0.3, 0.4) is 0 Å². The van der Waals surface area contributed by atoms with E-state index in [-0.39, 0.29) is 35.7 Å². The summed E-state index contributed by atoms with van der Waals surface area (Å²) < 4.78 is 0. The van der Waals surface area contributed by atoms with Gasteiger partial charge in [0, 0.05) is 39.0 Å². The second-order valence-corrected chi connectivity index (χ2v) is 17.3. The highest BCUT2D eigenvalue weighted by Crippen LogP contribution is 2.21. The molecule has 0 radical (unpaired) electrons. The van der Waals surface area contributed by atoms with Crippen molar-refractivity contribution in [3.05, 3.63) is 0 Å². The first-order chi connectivity index (χ1) is 28.4. The van der Waals surface area contributed by atoms with Gasteiger partial charge >= 0.3 is 0 Å². The van der Waals surface area contributed by atoms with E-state index in [0.717, 1.165) is 122 Å². The van der Waals surface area contributed by atoms with Crippen molar-refractivity contribution in [1.82, 2.24) is 20.4 Å². The van der Waals surface area contributed by atoms with Crippen LogP contribution >= 0.6 is 0 Å². The van der Waals surface area contributed by atoms with Crippen molar-refractivity contribution in [1.29, 1.82) is 0 Å². The first kappa shape index (κ1) is 53.8. The zero-order chi connectivity index (χ0) is 42.3. The molecule has 2 heterocycles. The van der Waals surface area contributed by atoms with Gasteiger partial charge in [0.05, 0.1) is 0 Å². The Kier molecular flexibility index (Phi) is 36.2. The second kappa shape index (κ2) is 39.0. The molecule has 10 heteroatoms. The lowest BCUT2D eigenvalue weighted by molar-refractivity contribution is -0.142. The lowest BCUT2D eigenvalue weighted by atomic mass is 10.00. The van der Waals surface area contributed by atoms with Crippen LogP contribution in [0.2, 0.25) is 0 Å². The normalized spacial score (nSPS) is 16.6. The molecular formula is C48H94N6O4. The standard InChI is InChI=1S/C25H49N3O2.C23H45N3O2/c1-2-3-4-5-6-7-8-9-10-13-19-24(29)28-22-17-14-18-23(28)25(30)27-21-16-12-11-15-20-26;1-2-3-4-5-6-7-8-9-10-12-17-22(27)26-20-15-16-21(26)23(28)25-19-14-11-13-18-24/h23H,2-22,26H2,1H3,(H,27,30);21H,2-20,24H2,1H3,(H,25,28)/t23-;21-/m11/s1. The summed E-state index contributed by atoms with van der Waals surface area (Å²) in [6.07, 6.45) is 38.5. The van der Waals surface area contributed by atoms with Crippen molar-refractivity contribution >= 4 is 23.6 Å². The smallest absolute Gasteiger partial charge is 0.242 e. The summed E-state index contributed by atoms with van der Waals surface area (Å²) in [6, 6.07) is -0.497. The van der Waals surface area contributed by atoms with E-state index in [2.05, 4.69) is 24.5 Å². The Morgan fingerprint density at radius 1 is 0.431 bits per heavy atom. The third kappa shape index (κ3) is 27.5. The molecule has 2 rings (SSSR count). The first-order valence-electron chi connectivity index (χ1n) is 25.0. The van der Waals surface area contributed by atoms with E-state index < -0.39 is 0 Å². The molecule has 2 aliphatic heterocycles. The second-order valence-electron chi connectivity index (χ2n) is 17.3. The van der Waals surface area contributed by atoms with Crippen LogP contribution in [0.15, 0.2) is 0 Å². The zero-order valence-corrected chi connectivity index (χ0v) is 38.1. The summed E-state index contributed by atoms with van der Waals surface area (Å²) in [5.74, 6) is 0.421. The molecule has 2 saturated heterocycles. The van der Waals surface area contributed by atoms with E-state index in [1.807, 2.05) is 9.80 Å². The maximum Gasteiger partial charge on any atom is 0.242 e. The summed E-state index contributed by atoms with van der Waals surface area (Å²) >= 11 is 0. The average molecular weight is 819 g/mol. The molecule has 0 saturated carbocycles. The maximum atomic E-state index is 12.7. The van der Waals surface area contributed by atoms with Crippen molar-refractivity contribution < 1.29 is 19.2 Å². The zero-order valence-electron chi connectivity index (χ0n) is 38.1. The predicted molar refractivity (Wildman–Crippen MR) is 243 cm³/mol. The van der Waals surface area contributed by atoms with E-state index in [4.69, 9.17) is 11.5 Å². The van der Waals surface area contributed by atoms with E-state index in [9.17, 15) is 19.2 Å². The van der Waals surface area contributed by atoms with Crippen LogP contribution in [0.5, 0.6) is 0 Å². The summed E-state index contributed by atoms with van der Waals surface area (Å²) in [7, 11) is 0. The summed E-state index contributed by atoms with van der Waals surface area (Å²) in [6.45, 7) is 8.83. The number of hydrogen-bond donors (Lipinski definition) is 4. The van der Waals surface area contributed by atoms with Crippen LogP contribution in [0.25, 0.3) is 0 Å². The molecule has 0 unspecified atom stereocenters. The molecule has 0 bridgehead atoms. The minimum Gasteiger partial charge on any atom is -0.354 e. The third-order valence-electron chi connectivity index (χ3n) is 12.1. The van der Waals surface area contributed by atoms with Crippen LogP contribution in [-0.4, -0.2) is 84.8 Å². The Hall–Kier alpha value is -2.20. The number of hydrogen-bond acceptors (Lipinski definition) is 6. The number of nitrogens with two attached hydrogens (primary N) is 2. The topological polar surface area (TPSA) is 151 Å². The number of rotatable bonds is 35. The minimum absolute atomic E-state index is 0.0293. The Morgan fingerprint density at radius 2 is 0.759 bits per heavy atom. The number of carbonyl (C=O) groups is 4. The molecule has 2 fully saturated rings. The Labute approximate surface area is 357 Å². The lowest BCUT2D eigenvalue weighted by Crippen LogP contribution is -2.52. The van der Waals surface area contributed by atoms with Crippen molar-refractivity contribution in [2.24, 2.45) is 11.5 Å². The molecule has 4 amide bonds. The van der Waals surface area contributed by atoms with Crippen LogP contribution in [-0.2, 0) is 19.2 Å². The summed E-state index contributed by atoms with van der Waals surface area (Å²) in [4.78, 5) is 54.0. The van der Waals surface area contributed by atoms with Gasteiger partial charge in [0.1, 0.15) is 12.1 Å². The fourth-order valence-electron chi connectivity index (χ4n) is 8.38. The van der Waals surface area contributed by atoms with E-state index >= 15 is 0 Å². The van der Waals surface area contributed by atoms with Crippen LogP contribution in [0, 0.1) is 0 Å². The molecule has 10 nitrogen and oxygen atoms in total. The van der Waals surface area contributed by atoms with Crippen LogP contribution in [0.4, 0.5) is 0 Å². The molecule has 340 valence electrons. The Morgan fingerprint density at radius 3 is 1.17 bits per heavy atom. The fourth-order valence-corrected chi connectivity index (χ4v) is 8.38. The Balaban J connectivity index is 0.000000581. The quantitative estimate of drug-likeness (QED) is 0.0468. The number of carbonyl (C=O) groups excluding carboxylic acids is 4. The van der Waals surface area contributed by atoms with Gasteiger partial charge in [-0.1, -0.05) is 149 Å². The van der Waals surface area contributed by atoms with Crippen LogP contribution < -0.4 is 22.1 Å². The number of nitrogens with one attached hydrogen (secondary N) is 2. The van der Waals surface area contributed by atoms with Gasteiger partial charge in [0.2, 0.25) is 23.6 Å². The van der Waals surface area contributed by atoms with Gasteiger partial charge in [0.15, 0.2) is 0 Å². The van der Waals surface area contributed by atoms with Crippen molar-refractivity contribution in [3.8, 4) is 0 Å². The van der Waals surface area contributed by atoms with Crippen molar-refractivity contribution in [2.75, 3.05) is 39.3 Å². The van der Waals surface area contributed by atoms with Crippen LogP contribution in [0.1, 0.15) is 232 Å². The molecule has 0 aromatic rings. The van der Waals surface area contributed by atoms with Crippen molar-refractivity contribution in [2.45, 2.75) is 244 Å². The fraction of sp³-hybridized carbons (Fsp3) is 0.917. The molecule has 0 aromatic heterocycles. The minimum atomic E-state index is -0.251. The maximum absolute atomic E-state index is 12.7. The molecule has 2 atom stereocenters. The SMILES string of the molecule is CCCCCCCCCCCCC(=O)N1CCCC[C@@H]1C(=O)NCCCCCCN.CCCCCCCCCCCCC(=O)N1CCC[C@@H]1C(=O)NCCCCCN. The molecule has 6 N–H and O–H groups in total. The monoisotopic (exact) mass is 819 g/mol. The van der Waals surface area contributed by atoms with E-state index in [1.54, 1.807) is 0 Å². The van der Waals surface area contributed by atoms with Gasteiger partial charge in [0.25, 0.3) is 0 Å². The number of likely N-dealkylation sites (tertiary alicyclic amines) is 2. The highest BCUT2D eigenvalue weighted by Gasteiger charge is 2.33. The predicted octanol–water partition coefficient (Wildman–Crippen LogP) is 9.85. The molecular weight excluding hydrogens is 725 g/mol. The van der Waals surface area contributed by atoms with E-state index in [0.29, 0.717) is 32.5 Å².